The van der Waals surface area contributed by atoms with Gasteiger partial charge in [0.05, 0.1) is 23.3 Å². The Labute approximate surface area is 360 Å². The SMILES string of the molecule is C1=CC2c3cc(-c4ccc5c(c4)C4C=CC=CC4N5c4cccc(-c5nc(-c6cccc7ccccc67)c6ccc7ccccc7c6n5)c4)ccc3N(c3ccccc3)C2C=C1. The van der Waals surface area contributed by atoms with Gasteiger partial charge in [-0.25, -0.2) is 9.97 Å². The number of hydrogen-bond acceptors (Lipinski definition) is 4. The van der Waals surface area contributed by atoms with E-state index in [1.165, 1.54) is 55.5 Å². The van der Waals surface area contributed by atoms with Gasteiger partial charge in [-0.3, -0.25) is 0 Å². The molecule has 0 fully saturated rings. The van der Waals surface area contributed by atoms with Crippen molar-refractivity contribution in [2.75, 3.05) is 9.80 Å². The fraction of sp³-hybridized carbons (Fsp3) is 0.0690. The third-order valence-corrected chi connectivity index (χ3v) is 13.5. The Morgan fingerprint density at radius 1 is 0.387 bits per heavy atom. The minimum absolute atomic E-state index is 0.146. The van der Waals surface area contributed by atoms with Crippen molar-refractivity contribution in [3.05, 3.63) is 230 Å². The summed E-state index contributed by atoms with van der Waals surface area (Å²) in [6.07, 6.45) is 18.2. The smallest absolute Gasteiger partial charge is 0.160 e. The second-order valence-corrected chi connectivity index (χ2v) is 16.9. The van der Waals surface area contributed by atoms with Crippen molar-refractivity contribution in [2.24, 2.45) is 0 Å². The molecule has 1 aromatic heterocycles. The molecule has 0 bridgehead atoms. The summed E-state index contributed by atoms with van der Waals surface area (Å²) < 4.78 is 0. The standard InChI is InChI=1S/C58H40N4/c1-2-18-42(19-3-1)61-52-26-10-8-23-46(52)50-35-39(29-32-54(50)61)40-30-33-55-51(36-40)47-24-9-11-27-53(47)62(55)43-20-12-17-41(34-43)58-59-56-45-22-7-5-15-38(45)28-31-49(56)57(60-58)48-25-13-16-37-14-4-6-21-44(37)48/h1-36,46-47,52-53H. The third-order valence-electron chi connectivity index (χ3n) is 13.5. The largest absolute Gasteiger partial charge is 0.333 e. The minimum Gasteiger partial charge on any atom is -0.333 e. The molecule has 2 aliphatic heterocycles. The van der Waals surface area contributed by atoms with E-state index in [-0.39, 0.29) is 18.0 Å². The van der Waals surface area contributed by atoms with Gasteiger partial charge >= 0.3 is 0 Å². The van der Waals surface area contributed by atoms with E-state index in [0.29, 0.717) is 5.92 Å². The molecule has 4 aliphatic rings. The van der Waals surface area contributed by atoms with E-state index in [0.717, 1.165) is 44.6 Å². The summed E-state index contributed by atoms with van der Waals surface area (Å²) in [4.78, 5) is 15.8. The highest BCUT2D eigenvalue weighted by atomic mass is 15.2. The Kier molecular flexibility index (Phi) is 7.83. The summed E-state index contributed by atoms with van der Waals surface area (Å²) >= 11 is 0. The number of rotatable bonds is 5. The van der Waals surface area contributed by atoms with Crippen molar-refractivity contribution in [1.82, 2.24) is 9.97 Å². The van der Waals surface area contributed by atoms with Crippen LogP contribution >= 0.6 is 0 Å². The van der Waals surface area contributed by atoms with Gasteiger partial charge in [-0.15, -0.1) is 0 Å². The number of fused-ring (bicyclic) bond motifs is 10. The highest BCUT2D eigenvalue weighted by molar-refractivity contribution is 6.12. The van der Waals surface area contributed by atoms with Crippen molar-refractivity contribution < 1.29 is 0 Å². The van der Waals surface area contributed by atoms with Crippen LogP contribution in [0.4, 0.5) is 22.7 Å². The molecule has 0 spiro atoms. The van der Waals surface area contributed by atoms with Gasteiger partial charge in [0.1, 0.15) is 0 Å². The zero-order valence-corrected chi connectivity index (χ0v) is 33.9. The van der Waals surface area contributed by atoms with E-state index in [4.69, 9.17) is 9.97 Å². The molecule has 4 nitrogen and oxygen atoms in total. The molecule has 62 heavy (non-hydrogen) atoms. The minimum atomic E-state index is 0.146. The summed E-state index contributed by atoms with van der Waals surface area (Å²) in [5.74, 6) is 1.24. The van der Waals surface area contributed by atoms with Crippen molar-refractivity contribution in [3.8, 4) is 33.8 Å². The molecule has 3 heterocycles. The van der Waals surface area contributed by atoms with Crippen LogP contribution in [0.1, 0.15) is 23.0 Å². The van der Waals surface area contributed by atoms with Crippen molar-refractivity contribution >= 4 is 55.2 Å². The van der Waals surface area contributed by atoms with Crippen LogP contribution in [0.2, 0.25) is 0 Å². The number of allylic oxidation sites excluding steroid dienone is 4. The van der Waals surface area contributed by atoms with Crippen LogP contribution in [-0.2, 0) is 0 Å². The van der Waals surface area contributed by atoms with Crippen LogP contribution in [0.5, 0.6) is 0 Å². The zero-order chi connectivity index (χ0) is 40.7. The number of nitrogens with zero attached hydrogens (tertiary/aromatic N) is 4. The highest BCUT2D eigenvalue weighted by Crippen LogP contribution is 2.52. The number of para-hydroxylation sites is 1. The molecule has 0 amide bonds. The van der Waals surface area contributed by atoms with Crippen LogP contribution in [0, 0.1) is 0 Å². The van der Waals surface area contributed by atoms with E-state index in [9.17, 15) is 0 Å². The van der Waals surface area contributed by atoms with Crippen LogP contribution in [-0.4, -0.2) is 22.1 Å². The van der Waals surface area contributed by atoms with E-state index < -0.39 is 0 Å². The Morgan fingerprint density at radius 2 is 0.968 bits per heavy atom. The van der Waals surface area contributed by atoms with Crippen molar-refractivity contribution in [3.63, 3.8) is 0 Å². The number of benzene rings is 8. The maximum atomic E-state index is 5.44. The van der Waals surface area contributed by atoms with E-state index in [1.807, 2.05) is 0 Å². The van der Waals surface area contributed by atoms with E-state index >= 15 is 0 Å². The topological polar surface area (TPSA) is 32.3 Å². The van der Waals surface area contributed by atoms with Gasteiger partial charge in [0.25, 0.3) is 0 Å². The lowest BCUT2D eigenvalue weighted by Gasteiger charge is -2.29. The predicted octanol–water partition coefficient (Wildman–Crippen LogP) is 14.4. The van der Waals surface area contributed by atoms with Gasteiger partial charge in [-0.1, -0.05) is 164 Å². The first-order chi connectivity index (χ1) is 30.7. The molecule has 0 saturated heterocycles. The maximum Gasteiger partial charge on any atom is 0.160 e. The van der Waals surface area contributed by atoms with Crippen LogP contribution in [0.15, 0.2) is 218 Å². The van der Waals surface area contributed by atoms with Crippen LogP contribution in [0.3, 0.4) is 0 Å². The Bertz CT molecular complexity index is 3410. The van der Waals surface area contributed by atoms with Gasteiger partial charge in [0, 0.05) is 56.5 Å². The first kappa shape index (κ1) is 35.0. The summed E-state index contributed by atoms with van der Waals surface area (Å²) in [6.45, 7) is 0. The molecule has 0 N–H and O–H groups in total. The third kappa shape index (κ3) is 5.39. The average Bonchev–Trinajstić information content (AvgIpc) is 3.86. The Hall–Kier alpha value is -7.82. The van der Waals surface area contributed by atoms with Crippen LogP contribution in [0.25, 0.3) is 66.2 Å². The summed E-state index contributed by atoms with van der Waals surface area (Å²) in [6, 6.07) is 62.2. The second kappa shape index (κ2) is 13.9. The average molecular weight is 793 g/mol. The van der Waals surface area contributed by atoms with Crippen molar-refractivity contribution in [1.29, 1.82) is 0 Å². The normalized spacial score (nSPS) is 19.3. The quantitative estimate of drug-likeness (QED) is 0.163. The summed E-state index contributed by atoms with van der Waals surface area (Å²) in [7, 11) is 0. The lowest BCUT2D eigenvalue weighted by molar-refractivity contribution is 0.744. The van der Waals surface area contributed by atoms with E-state index in [1.54, 1.807) is 0 Å². The highest BCUT2D eigenvalue weighted by Gasteiger charge is 2.39. The molecule has 13 rings (SSSR count). The number of anilines is 4. The Morgan fingerprint density at radius 3 is 1.69 bits per heavy atom. The van der Waals surface area contributed by atoms with Gasteiger partial charge in [-0.05, 0) is 93.0 Å². The molecule has 0 saturated carbocycles. The predicted molar refractivity (Wildman–Crippen MR) is 258 cm³/mol. The monoisotopic (exact) mass is 792 g/mol. The first-order valence-electron chi connectivity index (χ1n) is 21.7. The summed E-state index contributed by atoms with van der Waals surface area (Å²) in [5, 5.41) is 5.72. The molecule has 2 aliphatic carbocycles. The molecule has 0 radical (unpaired) electrons. The fourth-order valence-corrected chi connectivity index (χ4v) is 10.7. The van der Waals surface area contributed by atoms with Crippen LogP contribution < -0.4 is 9.80 Å². The van der Waals surface area contributed by atoms with Gasteiger partial charge in [0.2, 0.25) is 0 Å². The molecule has 9 aromatic rings. The molecular weight excluding hydrogens is 753 g/mol. The number of aromatic nitrogens is 2. The molecule has 8 aromatic carbocycles. The molecule has 4 unspecified atom stereocenters. The Balaban J connectivity index is 0.917. The molecular formula is C58H40N4. The zero-order valence-electron chi connectivity index (χ0n) is 33.9. The van der Waals surface area contributed by atoms with Gasteiger partial charge < -0.3 is 9.80 Å². The summed E-state index contributed by atoms with van der Waals surface area (Å²) in [5.41, 5.74) is 14.1. The van der Waals surface area contributed by atoms with E-state index in [2.05, 4.69) is 228 Å². The fourth-order valence-electron chi connectivity index (χ4n) is 10.7. The molecule has 292 valence electrons. The maximum absolute atomic E-state index is 5.44. The molecule has 4 heteroatoms. The lowest BCUT2D eigenvalue weighted by Crippen LogP contribution is -2.28. The second-order valence-electron chi connectivity index (χ2n) is 16.9. The van der Waals surface area contributed by atoms with Gasteiger partial charge in [-0.2, -0.15) is 0 Å². The molecule has 4 atom stereocenters. The van der Waals surface area contributed by atoms with Crippen molar-refractivity contribution in [2.45, 2.75) is 23.9 Å². The lowest BCUT2D eigenvalue weighted by atomic mass is 9.88. The number of hydrogen-bond donors (Lipinski definition) is 0. The van der Waals surface area contributed by atoms with Gasteiger partial charge in [0.15, 0.2) is 5.82 Å². The first-order valence-corrected chi connectivity index (χ1v) is 21.7.